The SMILES string of the molecule is FC(F)(F)c1nc(Oc2ccc(CCNc3ncnc4nccnc34)cc2)sc1Cl. The zero-order valence-electron chi connectivity index (χ0n) is 15.0. The van der Waals surface area contributed by atoms with E-state index >= 15 is 0 Å². The Bertz CT molecular complexity index is 1160. The molecule has 30 heavy (non-hydrogen) atoms. The number of hydrogen-bond donors (Lipinski definition) is 1. The average molecular weight is 453 g/mol. The largest absolute Gasteiger partial charge is 0.435 e. The Morgan fingerprint density at radius 1 is 1.03 bits per heavy atom. The molecule has 7 nitrogen and oxygen atoms in total. The van der Waals surface area contributed by atoms with Gasteiger partial charge in [-0.15, -0.1) is 0 Å². The van der Waals surface area contributed by atoms with Crippen LogP contribution in [0.2, 0.25) is 4.34 Å². The van der Waals surface area contributed by atoms with Gasteiger partial charge in [0.25, 0.3) is 5.19 Å². The van der Waals surface area contributed by atoms with Crippen molar-refractivity contribution in [3.63, 3.8) is 0 Å². The molecule has 0 unspecified atom stereocenters. The molecule has 1 N–H and O–H groups in total. The van der Waals surface area contributed by atoms with Gasteiger partial charge in [0.15, 0.2) is 17.2 Å². The van der Waals surface area contributed by atoms with Crippen LogP contribution in [0.15, 0.2) is 43.0 Å². The Morgan fingerprint density at radius 3 is 2.53 bits per heavy atom. The predicted octanol–water partition coefficient (Wildman–Crippen LogP) is 5.00. The normalized spacial score (nSPS) is 11.6. The Kier molecular flexibility index (Phi) is 5.64. The number of nitrogens with zero attached hydrogens (tertiary/aromatic N) is 5. The van der Waals surface area contributed by atoms with E-state index in [1.54, 1.807) is 24.5 Å². The maximum absolute atomic E-state index is 12.8. The predicted molar refractivity (Wildman–Crippen MR) is 106 cm³/mol. The molecule has 0 aliphatic carbocycles. The molecule has 0 aliphatic rings. The Labute approximate surface area is 177 Å². The van der Waals surface area contributed by atoms with Crippen molar-refractivity contribution in [1.82, 2.24) is 24.9 Å². The number of hydrogen-bond acceptors (Lipinski definition) is 8. The second-order valence-corrected chi connectivity index (χ2v) is 7.54. The number of halogens is 4. The van der Waals surface area contributed by atoms with Gasteiger partial charge in [-0.25, -0.2) is 19.9 Å². The van der Waals surface area contributed by atoms with E-state index < -0.39 is 16.2 Å². The zero-order chi connectivity index (χ0) is 21.1. The number of ether oxygens (including phenoxy) is 1. The highest BCUT2D eigenvalue weighted by molar-refractivity contribution is 7.17. The third kappa shape index (κ3) is 4.57. The van der Waals surface area contributed by atoms with Gasteiger partial charge in [-0.2, -0.15) is 18.2 Å². The summed E-state index contributed by atoms with van der Waals surface area (Å²) in [5.74, 6) is 0.956. The molecule has 0 atom stereocenters. The fourth-order valence-corrected chi connectivity index (χ4v) is 3.61. The van der Waals surface area contributed by atoms with Crippen molar-refractivity contribution in [2.24, 2.45) is 0 Å². The minimum absolute atomic E-state index is 0.168. The molecule has 0 amide bonds. The number of benzene rings is 1. The van der Waals surface area contributed by atoms with Crippen LogP contribution in [0.1, 0.15) is 11.3 Å². The third-order valence-electron chi connectivity index (χ3n) is 3.94. The van der Waals surface area contributed by atoms with Crippen LogP contribution >= 0.6 is 22.9 Å². The van der Waals surface area contributed by atoms with Crippen LogP contribution in [0, 0.1) is 0 Å². The molecule has 1 aromatic carbocycles. The molecule has 0 bridgehead atoms. The van der Waals surface area contributed by atoms with E-state index in [0.717, 1.165) is 5.56 Å². The molecule has 4 aromatic rings. The molecule has 12 heteroatoms. The fourth-order valence-electron chi connectivity index (χ4n) is 2.58. The first-order chi connectivity index (χ1) is 14.4. The molecule has 0 fully saturated rings. The maximum atomic E-state index is 12.8. The minimum Gasteiger partial charge on any atom is -0.431 e. The highest BCUT2D eigenvalue weighted by Crippen LogP contribution is 2.41. The first-order valence-corrected chi connectivity index (χ1v) is 9.75. The van der Waals surface area contributed by atoms with Crippen molar-refractivity contribution in [3.05, 3.63) is 58.6 Å². The number of thiazole rings is 1. The molecule has 0 saturated carbocycles. The lowest BCUT2D eigenvalue weighted by atomic mass is 10.1. The van der Waals surface area contributed by atoms with Gasteiger partial charge in [-0.1, -0.05) is 35.1 Å². The Balaban J connectivity index is 1.36. The van der Waals surface area contributed by atoms with Crippen LogP contribution in [-0.2, 0) is 12.6 Å². The van der Waals surface area contributed by atoms with Crippen LogP contribution in [0.4, 0.5) is 19.0 Å². The number of aromatic nitrogens is 5. The first-order valence-electron chi connectivity index (χ1n) is 8.56. The zero-order valence-corrected chi connectivity index (χ0v) is 16.6. The molecule has 3 aromatic heterocycles. The van der Waals surface area contributed by atoms with Gasteiger partial charge in [0.1, 0.15) is 21.9 Å². The van der Waals surface area contributed by atoms with Crippen LogP contribution < -0.4 is 10.1 Å². The molecule has 154 valence electrons. The topological polar surface area (TPSA) is 85.7 Å². The van der Waals surface area contributed by atoms with Gasteiger partial charge in [-0.05, 0) is 24.1 Å². The van der Waals surface area contributed by atoms with Gasteiger partial charge < -0.3 is 10.1 Å². The summed E-state index contributed by atoms with van der Waals surface area (Å²) in [5.41, 5.74) is 0.942. The summed E-state index contributed by atoms with van der Waals surface area (Å²) in [4.78, 5) is 20.0. The Hall–Kier alpha value is -3.05. The second-order valence-electron chi connectivity index (χ2n) is 5.97. The van der Waals surface area contributed by atoms with Crippen molar-refractivity contribution in [3.8, 4) is 10.9 Å². The van der Waals surface area contributed by atoms with Crippen LogP contribution in [0.25, 0.3) is 11.2 Å². The third-order valence-corrected chi connectivity index (χ3v) is 5.07. The highest BCUT2D eigenvalue weighted by atomic mass is 35.5. The highest BCUT2D eigenvalue weighted by Gasteiger charge is 2.37. The number of anilines is 1. The number of nitrogens with one attached hydrogen (secondary N) is 1. The molecule has 0 aliphatic heterocycles. The summed E-state index contributed by atoms with van der Waals surface area (Å²) >= 11 is 6.23. The molecular formula is C18H12ClF3N6OS. The van der Waals surface area contributed by atoms with E-state index in [1.807, 2.05) is 12.1 Å². The van der Waals surface area contributed by atoms with E-state index in [1.165, 1.54) is 6.33 Å². The lowest BCUT2D eigenvalue weighted by Crippen LogP contribution is -2.08. The Morgan fingerprint density at radius 2 is 1.80 bits per heavy atom. The fraction of sp³-hybridized carbons (Fsp3) is 0.167. The van der Waals surface area contributed by atoms with Gasteiger partial charge in [0.2, 0.25) is 0 Å². The quantitative estimate of drug-likeness (QED) is 0.440. The van der Waals surface area contributed by atoms with Crippen molar-refractivity contribution < 1.29 is 17.9 Å². The summed E-state index contributed by atoms with van der Waals surface area (Å²) < 4.78 is 43.2. The lowest BCUT2D eigenvalue weighted by molar-refractivity contribution is -0.140. The molecule has 0 radical (unpaired) electrons. The number of rotatable bonds is 6. The van der Waals surface area contributed by atoms with Gasteiger partial charge >= 0.3 is 6.18 Å². The van der Waals surface area contributed by atoms with Gasteiger partial charge in [-0.3, -0.25) is 0 Å². The molecule has 4 rings (SSSR count). The van der Waals surface area contributed by atoms with Crippen molar-refractivity contribution >= 4 is 39.9 Å². The standard InChI is InChI=1S/C18H12ClF3N6OS/c19-14-13(18(20,21)22)28-17(30-14)29-11-3-1-10(2-4-11)5-6-24-15-12-16(27-9-26-15)25-8-7-23-12/h1-4,7-9H,5-6H2,(H,24,25,26,27). The second kappa shape index (κ2) is 8.36. The van der Waals surface area contributed by atoms with E-state index in [-0.39, 0.29) is 5.19 Å². The smallest absolute Gasteiger partial charge is 0.431 e. The van der Waals surface area contributed by atoms with E-state index in [0.29, 0.717) is 47.0 Å². The van der Waals surface area contributed by atoms with Crippen LogP contribution in [-0.4, -0.2) is 31.5 Å². The van der Waals surface area contributed by atoms with Crippen molar-refractivity contribution in [1.29, 1.82) is 0 Å². The maximum Gasteiger partial charge on any atom is 0.435 e. The summed E-state index contributed by atoms with van der Waals surface area (Å²) in [6.45, 7) is 0.583. The summed E-state index contributed by atoms with van der Waals surface area (Å²) in [5, 5.41) is 3.03. The molecule has 3 heterocycles. The van der Waals surface area contributed by atoms with E-state index in [9.17, 15) is 13.2 Å². The average Bonchev–Trinajstić information content (AvgIpc) is 3.10. The summed E-state index contributed by atoms with van der Waals surface area (Å²) in [6, 6.07) is 6.94. The number of alkyl halides is 3. The minimum atomic E-state index is -4.62. The van der Waals surface area contributed by atoms with Crippen LogP contribution in [0.5, 0.6) is 10.9 Å². The monoisotopic (exact) mass is 452 g/mol. The molecule has 0 saturated heterocycles. The van der Waals surface area contributed by atoms with Gasteiger partial charge in [0.05, 0.1) is 0 Å². The summed E-state index contributed by atoms with van der Waals surface area (Å²) in [6.07, 6.45) is 0.607. The summed E-state index contributed by atoms with van der Waals surface area (Å²) in [7, 11) is 0. The van der Waals surface area contributed by atoms with E-state index in [4.69, 9.17) is 16.3 Å². The lowest BCUT2D eigenvalue weighted by Gasteiger charge is -2.08. The van der Waals surface area contributed by atoms with Gasteiger partial charge in [0, 0.05) is 18.9 Å². The van der Waals surface area contributed by atoms with Crippen LogP contribution in [0.3, 0.4) is 0 Å². The van der Waals surface area contributed by atoms with E-state index in [2.05, 4.69) is 30.2 Å². The number of fused-ring (bicyclic) bond motifs is 1. The molecular weight excluding hydrogens is 441 g/mol. The van der Waals surface area contributed by atoms with Crippen molar-refractivity contribution in [2.45, 2.75) is 12.6 Å². The first kappa shape index (κ1) is 20.2. The van der Waals surface area contributed by atoms with Crippen molar-refractivity contribution in [2.75, 3.05) is 11.9 Å². The molecule has 0 spiro atoms.